The summed E-state index contributed by atoms with van der Waals surface area (Å²) in [5.74, 6) is 0.00806. The molecule has 0 aliphatic carbocycles. The molecule has 2 aromatic rings. The Hall–Kier alpha value is -2.36. The minimum Gasteiger partial charge on any atom is -0.354 e. The summed E-state index contributed by atoms with van der Waals surface area (Å²) in [6, 6.07) is 10.1. The molecule has 0 atom stereocenters. The summed E-state index contributed by atoms with van der Waals surface area (Å²) in [4.78, 5) is 18.5. The van der Waals surface area contributed by atoms with Crippen LogP contribution in [0.15, 0.2) is 42.7 Å². The maximum Gasteiger partial charge on any atom is 0.255 e. The van der Waals surface area contributed by atoms with Crippen molar-refractivity contribution in [3.63, 3.8) is 0 Å². The third-order valence-corrected chi connectivity index (χ3v) is 4.19. The van der Waals surface area contributed by atoms with E-state index in [1.54, 1.807) is 17.3 Å². The van der Waals surface area contributed by atoms with Crippen LogP contribution >= 0.6 is 0 Å². The molecule has 4 nitrogen and oxygen atoms in total. The molecule has 0 bridgehead atoms. The van der Waals surface area contributed by atoms with Gasteiger partial charge in [0, 0.05) is 25.5 Å². The number of unbranched alkanes of at least 4 members (excludes halogenated alkanes) is 1. The summed E-state index contributed by atoms with van der Waals surface area (Å²) in [7, 11) is 1.84. The van der Waals surface area contributed by atoms with Crippen LogP contribution in [0.5, 0.6) is 0 Å². The van der Waals surface area contributed by atoms with Gasteiger partial charge in [0.2, 0.25) is 0 Å². The third kappa shape index (κ3) is 5.05. The van der Waals surface area contributed by atoms with Gasteiger partial charge in [-0.3, -0.25) is 9.78 Å². The molecule has 0 spiro atoms. The van der Waals surface area contributed by atoms with Crippen LogP contribution < -0.4 is 5.32 Å². The number of aromatic nitrogens is 1. The Labute approximate surface area is 151 Å². The molecule has 1 amide bonds. The van der Waals surface area contributed by atoms with Gasteiger partial charge in [0.15, 0.2) is 0 Å². The molecule has 0 unspecified atom stereocenters. The van der Waals surface area contributed by atoms with Gasteiger partial charge in [-0.15, -0.1) is 0 Å². The predicted molar refractivity (Wildman–Crippen MR) is 105 cm³/mol. The number of anilines is 2. The number of para-hydroxylation sites is 1. The van der Waals surface area contributed by atoms with Crippen molar-refractivity contribution in [2.24, 2.45) is 0 Å². The molecule has 0 saturated carbocycles. The van der Waals surface area contributed by atoms with E-state index in [9.17, 15) is 4.79 Å². The molecule has 4 heteroatoms. The lowest BCUT2D eigenvalue weighted by molar-refractivity contribution is 0.0793. The van der Waals surface area contributed by atoms with Crippen LogP contribution in [-0.2, 0) is 5.41 Å². The zero-order valence-corrected chi connectivity index (χ0v) is 16.0. The van der Waals surface area contributed by atoms with Gasteiger partial charge >= 0.3 is 0 Å². The number of benzene rings is 1. The van der Waals surface area contributed by atoms with E-state index in [4.69, 9.17) is 0 Å². The Morgan fingerprint density at radius 1 is 1.20 bits per heavy atom. The Morgan fingerprint density at radius 3 is 2.60 bits per heavy atom. The van der Waals surface area contributed by atoms with Crippen LogP contribution in [0.3, 0.4) is 0 Å². The largest absolute Gasteiger partial charge is 0.354 e. The van der Waals surface area contributed by atoms with Crippen LogP contribution in [0.1, 0.15) is 56.5 Å². The highest BCUT2D eigenvalue weighted by Crippen LogP contribution is 2.31. The van der Waals surface area contributed by atoms with E-state index in [2.05, 4.69) is 50.1 Å². The summed E-state index contributed by atoms with van der Waals surface area (Å²) >= 11 is 0. The molecule has 0 saturated heterocycles. The van der Waals surface area contributed by atoms with Gasteiger partial charge in [0.05, 0.1) is 17.4 Å². The Balaban J connectivity index is 2.22. The van der Waals surface area contributed by atoms with Crippen LogP contribution in [0.2, 0.25) is 0 Å². The first-order valence-corrected chi connectivity index (χ1v) is 8.90. The Morgan fingerprint density at radius 2 is 1.92 bits per heavy atom. The number of carbonyl (C=O) groups excluding carboxylic acids is 1. The van der Waals surface area contributed by atoms with E-state index >= 15 is 0 Å². The van der Waals surface area contributed by atoms with Crippen molar-refractivity contribution < 1.29 is 4.79 Å². The fourth-order valence-corrected chi connectivity index (χ4v) is 2.74. The van der Waals surface area contributed by atoms with Crippen molar-refractivity contribution in [1.82, 2.24) is 9.88 Å². The average molecular weight is 339 g/mol. The highest BCUT2D eigenvalue weighted by Gasteiger charge is 2.18. The first kappa shape index (κ1) is 19.0. The standard InChI is InChI=1S/C21H29N3O/c1-6-7-12-24(5)20(25)16-13-17(15-22-14-16)23-19-11-9-8-10-18(19)21(2,3)4/h8-11,13-15,23H,6-7,12H2,1-5H3. The number of nitrogens with one attached hydrogen (secondary N) is 1. The zero-order chi connectivity index (χ0) is 18.4. The number of pyridine rings is 1. The molecule has 1 aromatic carbocycles. The fraction of sp³-hybridized carbons (Fsp3) is 0.429. The Kier molecular flexibility index (Phi) is 6.18. The van der Waals surface area contributed by atoms with Gasteiger partial charge in [0.25, 0.3) is 5.91 Å². The molecule has 0 fully saturated rings. The molecule has 1 N–H and O–H groups in total. The zero-order valence-electron chi connectivity index (χ0n) is 16.0. The lowest BCUT2D eigenvalue weighted by Crippen LogP contribution is -2.27. The fourth-order valence-electron chi connectivity index (χ4n) is 2.74. The number of rotatable bonds is 6. The van der Waals surface area contributed by atoms with Crippen LogP contribution in [0.25, 0.3) is 0 Å². The summed E-state index contributed by atoms with van der Waals surface area (Å²) in [6.07, 6.45) is 5.46. The number of hydrogen-bond acceptors (Lipinski definition) is 3. The molecule has 0 aliphatic rings. The molecule has 1 heterocycles. The topological polar surface area (TPSA) is 45.2 Å². The van der Waals surface area contributed by atoms with E-state index in [0.29, 0.717) is 5.56 Å². The number of amides is 1. The molecule has 25 heavy (non-hydrogen) atoms. The highest BCUT2D eigenvalue weighted by molar-refractivity contribution is 5.94. The third-order valence-electron chi connectivity index (χ3n) is 4.19. The second-order valence-electron chi connectivity index (χ2n) is 7.46. The first-order valence-electron chi connectivity index (χ1n) is 8.90. The number of nitrogens with zero attached hydrogens (tertiary/aromatic N) is 2. The van der Waals surface area contributed by atoms with E-state index in [1.807, 2.05) is 25.2 Å². The number of carbonyl (C=O) groups is 1. The molecule has 1 aromatic heterocycles. The van der Waals surface area contributed by atoms with Crippen LogP contribution in [-0.4, -0.2) is 29.4 Å². The van der Waals surface area contributed by atoms with Crippen molar-refractivity contribution in [2.45, 2.75) is 46.0 Å². The van der Waals surface area contributed by atoms with E-state index < -0.39 is 0 Å². The monoisotopic (exact) mass is 339 g/mol. The van der Waals surface area contributed by atoms with Gasteiger partial charge in [0.1, 0.15) is 0 Å². The highest BCUT2D eigenvalue weighted by atomic mass is 16.2. The molecular weight excluding hydrogens is 310 g/mol. The average Bonchev–Trinajstić information content (AvgIpc) is 2.58. The van der Waals surface area contributed by atoms with Gasteiger partial charge < -0.3 is 10.2 Å². The van der Waals surface area contributed by atoms with Gasteiger partial charge in [-0.25, -0.2) is 0 Å². The smallest absolute Gasteiger partial charge is 0.255 e. The molecule has 0 aliphatic heterocycles. The van der Waals surface area contributed by atoms with Crippen molar-refractivity contribution in [3.05, 3.63) is 53.9 Å². The minimum atomic E-state index is 0.00806. The minimum absolute atomic E-state index is 0.00806. The predicted octanol–water partition coefficient (Wildman–Crippen LogP) is 4.99. The first-order chi connectivity index (χ1) is 11.8. The normalized spacial score (nSPS) is 11.2. The Bertz CT molecular complexity index is 719. The van der Waals surface area contributed by atoms with Crippen molar-refractivity contribution in [3.8, 4) is 0 Å². The number of hydrogen-bond donors (Lipinski definition) is 1. The summed E-state index contributed by atoms with van der Waals surface area (Å²) < 4.78 is 0. The van der Waals surface area contributed by atoms with E-state index in [0.717, 1.165) is 30.8 Å². The van der Waals surface area contributed by atoms with Gasteiger partial charge in [-0.05, 0) is 29.5 Å². The van der Waals surface area contributed by atoms with E-state index in [1.165, 1.54) is 5.56 Å². The summed E-state index contributed by atoms with van der Waals surface area (Å²) in [5, 5.41) is 3.42. The molecular formula is C21H29N3O. The second-order valence-corrected chi connectivity index (χ2v) is 7.46. The van der Waals surface area contributed by atoms with Crippen molar-refractivity contribution >= 4 is 17.3 Å². The second kappa shape index (κ2) is 8.15. The SMILES string of the molecule is CCCCN(C)C(=O)c1cncc(Nc2ccccc2C(C)(C)C)c1. The lowest BCUT2D eigenvalue weighted by atomic mass is 9.86. The molecule has 2 rings (SSSR count). The van der Waals surface area contributed by atoms with Gasteiger partial charge in [-0.1, -0.05) is 52.3 Å². The lowest BCUT2D eigenvalue weighted by Gasteiger charge is -2.23. The maximum absolute atomic E-state index is 12.5. The van der Waals surface area contributed by atoms with Crippen LogP contribution in [0.4, 0.5) is 11.4 Å². The summed E-state index contributed by atoms with van der Waals surface area (Å²) in [6.45, 7) is 9.45. The van der Waals surface area contributed by atoms with Crippen LogP contribution in [0, 0.1) is 0 Å². The van der Waals surface area contributed by atoms with Crippen molar-refractivity contribution in [1.29, 1.82) is 0 Å². The maximum atomic E-state index is 12.5. The molecule has 0 radical (unpaired) electrons. The van der Waals surface area contributed by atoms with Crippen molar-refractivity contribution in [2.75, 3.05) is 18.9 Å². The van der Waals surface area contributed by atoms with Gasteiger partial charge in [-0.2, -0.15) is 0 Å². The molecule has 134 valence electrons. The quantitative estimate of drug-likeness (QED) is 0.806. The summed E-state index contributed by atoms with van der Waals surface area (Å²) in [5.41, 5.74) is 3.74. The van der Waals surface area contributed by atoms with E-state index in [-0.39, 0.29) is 11.3 Å².